The van der Waals surface area contributed by atoms with Crippen molar-refractivity contribution in [3.63, 3.8) is 0 Å². The van der Waals surface area contributed by atoms with Crippen molar-refractivity contribution in [2.45, 2.75) is 12.8 Å². The molecule has 4 nitrogen and oxygen atoms in total. The van der Waals surface area contributed by atoms with Gasteiger partial charge in [0.1, 0.15) is 0 Å². The number of hydrogen-bond acceptors (Lipinski definition) is 4. The third-order valence-electron chi connectivity index (χ3n) is 4.02. The van der Waals surface area contributed by atoms with Crippen LogP contribution in [0.5, 0.6) is 0 Å². The average Bonchev–Trinajstić information content (AvgIpc) is 2.68. The van der Waals surface area contributed by atoms with Gasteiger partial charge in [-0.2, -0.15) is 0 Å². The van der Waals surface area contributed by atoms with Crippen LogP contribution in [-0.2, 0) is 0 Å². The zero-order valence-corrected chi connectivity index (χ0v) is 13.0. The average molecular weight is 313 g/mol. The van der Waals surface area contributed by atoms with Gasteiger partial charge in [0.15, 0.2) is 5.78 Å². The van der Waals surface area contributed by atoms with Crippen molar-refractivity contribution in [2.75, 3.05) is 0 Å². The lowest BCUT2D eigenvalue weighted by molar-refractivity contribution is 0.103. The number of nitrogens with zero attached hydrogens (tertiary/aromatic N) is 3. The number of pyridine rings is 1. The van der Waals surface area contributed by atoms with Crippen LogP contribution in [0.4, 0.5) is 0 Å². The molecule has 0 atom stereocenters. The van der Waals surface area contributed by atoms with Gasteiger partial charge >= 0.3 is 0 Å². The lowest BCUT2D eigenvalue weighted by atomic mass is 9.98. The quantitative estimate of drug-likeness (QED) is 0.682. The molecular weight excluding hydrogens is 298 g/mol. The molecule has 2 aromatic heterocycles. The van der Waals surface area contributed by atoms with Crippen molar-refractivity contribution < 1.29 is 4.79 Å². The van der Waals surface area contributed by atoms with Gasteiger partial charge in [0.25, 0.3) is 0 Å². The third kappa shape index (κ3) is 2.74. The van der Waals surface area contributed by atoms with Gasteiger partial charge in [-0.3, -0.25) is 14.8 Å². The van der Waals surface area contributed by atoms with Crippen LogP contribution in [0.3, 0.4) is 0 Å². The second-order valence-electron chi connectivity index (χ2n) is 5.67. The van der Waals surface area contributed by atoms with E-state index in [1.807, 2.05) is 48.6 Å². The van der Waals surface area contributed by atoms with E-state index in [1.54, 1.807) is 18.6 Å². The minimum Gasteiger partial charge on any atom is -0.289 e. The molecule has 4 rings (SSSR count). The monoisotopic (exact) mass is 313 g/mol. The maximum absolute atomic E-state index is 12.6. The molecule has 0 spiro atoms. The van der Waals surface area contributed by atoms with Crippen molar-refractivity contribution >= 4 is 16.8 Å². The number of aromatic nitrogens is 3. The van der Waals surface area contributed by atoms with Crippen molar-refractivity contribution in [2.24, 2.45) is 0 Å². The molecule has 0 N–H and O–H groups in total. The lowest BCUT2D eigenvalue weighted by Gasteiger charge is -2.07. The Balaban J connectivity index is 1.75. The van der Waals surface area contributed by atoms with E-state index in [-0.39, 0.29) is 5.78 Å². The number of Topliss-reactive ketones (excluding diaryl/α,β-unsaturated/α-hetero) is 1. The minimum atomic E-state index is 0.0291. The molecule has 0 saturated heterocycles. The van der Waals surface area contributed by atoms with Gasteiger partial charge in [0, 0.05) is 29.1 Å². The Kier molecular flexibility index (Phi) is 3.71. The number of allylic oxidation sites excluding steroid dienone is 4. The maximum Gasteiger partial charge on any atom is 0.192 e. The van der Waals surface area contributed by atoms with E-state index in [9.17, 15) is 4.79 Å². The molecular formula is C20H15N3O. The molecule has 0 bridgehead atoms. The molecule has 0 saturated carbocycles. The van der Waals surface area contributed by atoms with E-state index in [0.717, 1.165) is 35.2 Å². The Morgan fingerprint density at radius 3 is 2.79 bits per heavy atom. The molecule has 0 amide bonds. The molecule has 3 aromatic rings. The van der Waals surface area contributed by atoms with E-state index in [4.69, 9.17) is 0 Å². The normalized spacial score (nSPS) is 13.8. The molecule has 2 heterocycles. The summed E-state index contributed by atoms with van der Waals surface area (Å²) >= 11 is 0. The van der Waals surface area contributed by atoms with Gasteiger partial charge < -0.3 is 0 Å². The van der Waals surface area contributed by atoms with Crippen LogP contribution in [0.1, 0.15) is 23.2 Å². The molecule has 4 heteroatoms. The molecule has 1 aliphatic rings. The molecule has 0 unspecified atom stereocenters. The fraction of sp³-hybridized carbons (Fsp3) is 0.100. The number of ketones is 1. The first kappa shape index (κ1) is 14.5. The standard InChI is InChI=1S/C20H15N3O/c24-20(14-5-2-1-3-6-14)15-8-9-17-18(11-15)23-19(13-22-17)16-7-4-10-21-12-16/h2,4-13H,1,3H2. The summed E-state index contributed by atoms with van der Waals surface area (Å²) in [5.41, 5.74) is 4.52. The van der Waals surface area contributed by atoms with Crippen molar-refractivity contribution in [3.8, 4) is 11.3 Å². The summed E-state index contributed by atoms with van der Waals surface area (Å²) in [5, 5.41) is 0. The van der Waals surface area contributed by atoms with E-state index in [0.29, 0.717) is 11.1 Å². The number of carbonyl (C=O) groups is 1. The predicted octanol–water partition coefficient (Wildman–Crippen LogP) is 4.15. The van der Waals surface area contributed by atoms with E-state index >= 15 is 0 Å². The highest BCUT2D eigenvalue weighted by Crippen LogP contribution is 2.21. The number of fused-ring (bicyclic) bond motifs is 1. The highest BCUT2D eigenvalue weighted by molar-refractivity contribution is 6.11. The number of benzene rings is 1. The highest BCUT2D eigenvalue weighted by atomic mass is 16.1. The first-order chi connectivity index (χ1) is 11.8. The minimum absolute atomic E-state index is 0.0291. The molecule has 0 aliphatic heterocycles. The second kappa shape index (κ2) is 6.16. The van der Waals surface area contributed by atoms with Gasteiger partial charge in [-0.1, -0.05) is 18.2 Å². The van der Waals surface area contributed by atoms with Gasteiger partial charge in [-0.05, 0) is 43.2 Å². The zero-order chi connectivity index (χ0) is 16.4. The molecule has 0 radical (unpaired) electrons. The summed E-state index contributed by atoms with van der Waals surface area (Å²) in [7, 11) is 0. The van der Waals surface area contributed by atoms with Crippen LogP contribution in [0.25, 0.3) is 22.3 Å². The van der Waals surface area contributed by atoms with Crippen LogP contribution >= 0.6 is 0 Å². The molecule has 1 aliphatic carbocycles. The molecule has 24 heavy (non-hydrogen) atoms. The fourth-order valence-corrected chi connectivity index (χ4v) is 2.75. The van der Waals surface area contributed by atoms with E-state index < -0.39 is 0 Å². The van der Waals surface area contributed by atoms with Crippen LogP contribution in [-0.4, -0.2) is 20.7 Å². The molecule has 116 valence electrons. The summed E-state index contributed by atoms with van der Waals surface area (Å²) in [4.78, 5) is 25.8. The van der Waals surface area contributed by atoms with Gasteiger partial charge in [0.2, 0.25) is 0 Å². The largest absolute Gasteiger partial charge is 0.289 e. The van der Waals surface area contributed by atoms with E-state index in [2.05, 4.69) is 15.0 Å². The summed E-state index contributed by atoms with van der Waals surface area (Å²) in [6.07, 6.45) is 13.0. The Morgan fingerprint density at radius 1 is 1.04 bits per heavy atom. The molecule has 0 fully saturated rings. The highest BCUT2D eigenvalue weighted by Gasteiger charge is 2.13. The predicted molar refractivity (Wildman–Crippen MR) is 93.6 cm³/mol. The summed E-state index contributed by atoms with van der Waals surface area (Å²) in [5.74, 6) is 0.0291. The SMILES string of the molecule is O=C(C1=CCCC=C1)c1ccc2ncc(-c3cccnc3)nc2c1. The Bertz CT molecular complexity index is 975. The lowest BCUT2D eigenvalue weighted by Crippen LogP contribution is -2.03. The van der Waals surface area contributed by atoms with Crippen LogP contribution in [0, 0.1) is 0 Å². The third-order valence-corrected chi connectivity index (χ3v) is 4.02. The topological polar surface area (TPSA) is 55.7 Å². The van der Waals surface area contributed by atoms with Gasteiger partial charge in [-0.25, -0.2) is 4.98 Å². The van der Waals surface area contributed by atoms with Crippen molar-refractivity contribution in [3.05, 3.63) is 78.3 Å². The zero-order valence-electron chi connectivity index (χ0n) is 13.0. The Morgan fingerprint density at radius 2 is 2.00 bits per heavy atom. The maximum atomic E-state index is 12.6. The van der Waals surface area contributed by atoms with Crippen molar-refractivity contribution in [1.82, 2.24) is 15.0 Å². The fourth-order valence-electron chi connectivity index (χ4n) is 2.75. The van der Waals surface area contributed by atoms with E-state index in [1.165, 1.54) is 0 Å². The van der Waals surface area contributed by atoms with Crippen molar-refractivity contribution in [1.29, 1.82) is 0 Å². The number of carbonyl (C=O) groups excluding carboxylic acids is 1. The summed E-state index contributed by atoms with van der Waals surface area (Å²) in [6, 6.07) is 9.27. The van der Waals surface area contributed by atoms with Crippen LogP contribution in [0.15, 0.2) is 72.7 Å². The molecule has 1 aromatic carbocycles. The van der Waals surface area contributed by atoms with Crippen LogP contribution < -0.4 is 0 Å². The smallest absolute Gasteiger partial charge is 0.192 e. The Hall–Kier alpha value is -3.14. The first-order valence-electron chi connectivity index (χ1n) is 7.90. The second-order valence-corrected chi connectivity index (χ2v) is 5.67. The number of rotatable bonds is 3. The summed E-state index contributed by atoms with van der Waals surface area (Å²) in [6.45, 7) is 0. The van der Waals surface area contributed by atoms with Crippen LogP contribution in [0.2, 0.25) is 0 Å². The first-order valence-corrected chi connectivity index (χ1v) is 7.90. The van der Waals surface area contributed by atoms with Gasteiger partial charge in [0.05, 0.1) is 22.9 Å². The Labute approximate surface area is 139 Å². The summed E-state index contributed by atoms with van der Waals surface area (Å²) < 4.78 is 0. The van der Waals surface area contributed by atoms with Gasteiger partial charge in [-0.15, -0.1) is 0 Å². The number of hydrogen-bond donors (Lipinski definition) is 0.